The van der Waals surface area contributed by atoms with Crippen LogP contribution in [0, 0.1) is 0 Å². The van der Waals surface area contributed by atoms with Gasteiger partial charge < -0.3 is 15.4 Å². The summed E-state index contributed by atoms with van der Waals surface area (Å²) in [6.45, 7) is 4.47. The maximum Gasteiger partial charge on any atom is 0.226 e. The molecule has 20 heavy (non-hydrogen) atoms. The number of carbonyl (C=O) groups excluding carboxylic acids is 1. The Morgan fingerprint density at radius 2 is 2.05 bits per heavy atom. The van der Waals surface area contributed by atoms with Crippen LogP contribution in [0.2, 0.25) is 0 Å². The van der Waals surface area contributed by atoms with E-state index in [4.69, 9.17) is 10.5 Å². The number of methoxy groups -OCH3 is 1. The largest absolute Gasteiger partial charge is 0.398 e. The van der Waals surface area contributed by atoms with Gasteiger partial charge in [-0.1, -0.05) is 18.2 Å². The number of benzene rings is 1. The number of hydrogen-bond donors (Lipinski definition) is 1. The summed E-state index contributed by atoms with van der Waals surface area (Å²) in [6, 6.07) is 8.11. The number of carbonyl (C=O) groups is 1. The van der Waals surface area contributed by atoms with Gasteiger partial charge in [-0.3, -0.25) is 4.79 Å². The number of anilines is 1. The van der Waals surface area contributed by atoms with Gasteiger partial charge in [-0.2, -0.15) is 0 Å². The summed E-state index contributed by atoms with van der Waals surface area (Å²) in [5.41, 5.74) is 7.32. The first kappa shape index (κ1) is 14.9. The monoisotopic (exact) mass is 276 g/mol. The standard InChI is InChI=1S/C16H24N2O2/c1-16(2,20-3)10-15(19)18(13-8-9-13)11-12-6-4-5-7-14(12)17/h4-7,13H,8-11,17H2,1-3H3. The molecule has 0 aromatic heterocycles. The highest BCUT2D eigenvalue weighted by Crippen LogP contribution is 2.31. The molecule has 1 saturated carbocycles. The minimum atomic E-state index is -0.424. The van der Waals surface area contributed by atoms with Crippen LogP contribution in [-0.4, -0.2) is 29.6 Å². The van der Waals surface area contributed by atoms with Crippen molar-refractivity contribution >= 4 is 11.6 Å². The van der Waals surface area contributed by atoms with E-state index in [9.17, 15) is 4.79 Å². The van der Waals surface area contributed by atoms with Crippen LogP contribution in [0.3, 0.4) is 0 Å². The zero-order valence-corrected chi connectivity index (χ0v) is 12.6. The molecule has 1 amide bonds. The topological polar surface area (TPSA) is 55.6 Å². The van der Waals surface area contributed by atoms with Gasteiger partial charge in [0, 0.05) is 25.4 Å². The second-order valence-electron chi connectivity index (χ2n) is 6.09. The Morgan fingerprint density at radius 1 is 1.40 bits per heavy atom. The van der Waals surface area contributed by atoms with E-state index in [-0.39, 0.29) is 5.91 Å². The van der Waals surface area contributed by atoms with Crippen molar-refractivity contribution in [3.63, 3.8) is 0 Å². The van der Waals surface area contributed by atoms with Crippen molar-refractivity contribution < 1.29 is 9.53 Å². The average molecular weight is 276 g/mol. The summed E-state index contributed by atoms with van der Waals surface area (Å²) >= 11 is 0. The maximum absolute atomic E-state index is 12.5. The first-order chi connectivity index (χ1) is 9.43. The van der Waals surface area contributed by atoms with Gasteiger partial charge in [0.05, 0.1) is 12.0 Å². The fourth-order valence-corrected chi connectivity index (χ4v) is 2.21. The van der Waals surface area contributed by atoms with E-state index < -0.39 is 5.60 Å². The van der Waals surface area contributed by atoms with Crippen LogP contribution < -0.4 is 5.73 Å². The first-order valence-corrected chi connectivity index (χ1v) is 7.11. The van der Waals surface area contributed by atoms with E-state index in [1.165, 1.54) is 0 Å². The molecule has 0 spiro atoms. The van der Waals surface area contributed by atoms with Crippen LogP contribution in [0.25, 0.3) is 0 Å². The minimum Gasteiger partial charge on any atom is -0.398 e. The Balaban J connectivity index is 2.08. The minimum absolute atomic E-state index is 0.141. The third-order valence-electron chi connectivity index (χ3n) is 3.83. The highest BCUT2D eigenvalue weighted by molar-refractivity contribution is 5.78. The van der Waals surface area contributed by atoms with Crippen LogP contribution in [0.4, 0.5) is 5.69 Å². The van der Waals surface area contributed by atoms with Gasteiger partial charge in [0.2, 0.25) is 5.91 Å². The van der Waals surface area contributed by atoms with Gasteiger partial charge in [-0.25, -0.2) is 0 Å². The molecule has 1 aromatic carbocycles. The highest BCUT2D eigenvalue weighted by atomic mass is 16.5. The number of ether oxygens (including phenoxy) is 1. The first-order valence-electron chi connectivity index (χ1n) is 7.11. The average Bonchev–Trinajstić information content (AvgIpc) is 3.21. The Kier molecular flexibility index (Phi) is 4.33. The lowest BCUT2D eigenvalue weighted by atomic mass is 10.0. The summed E-state index contributed by atoms with van der Waals surface area (Å²) in [4.78, 5) is 14.5. The lowest BCUT2D eigenvalue weighted by Gasteiger charge is -2.28. The molecule has 1 aromatic rings. The lowest BCUT2D eigenvalue weighted by Crippen LogP contribution is -2.38. The van der Waals surface area contributed by atoms with Crippen LogP contribution in [0.5, 0.6) is 0 Å². The molecule has 0 bridgehead atoms. The smallest absolute Gasteiger partial charge is 0.226 e. The Hall–Kier alpha value is -1.55. The third-order valence-corrected chi connectivity index (χ3v) is 3.83. The number of nitrogen functional groups attached to an aromatic ring is 1. The second-order valence-corrected chi connectivity index (χ2v) is 6.09. The van der Waals surface area contributed by atoms with Gasteiger partial charge in [-0.15, -0.1) is 0 Å². The third kappa shape index (κ3) is 3.73. The van der Waals surface area contributed by atoms with E-state index in [1.807, 2.05) is 43.0 Å². The van der Waals surface area contributed by atoms with Crippen molar-refractivity contribution in [3.05, 3.63) is 29.8 Å². The second kappa shape index (κ2) is 5.83. The Labute approximate surface area is 120 Å². The predicted octanol–water partition coefficient (Wildman–Crippen LogP) is 2.57. The summed E-state index contributed by atoms with van der Waals surface area (Å²) in [5, 5.41) is 0. The number of rotatable bonds is 6. The SMILES string of the molecule is COC(C)(C)CC(=O)N(Cc1ccccc1N)C1CC1. The van der Waals surface area contributed by atoms with Crippen LogP contribution in [0.15, 0.2) is 24.3 Å². The highest BCUT2D eigenvalue weighted by Gasteiger charge is 2.35. The van der Waals surface area contributed by atoms with E-state index in [2.05, 4.69) is 0 Å². The molecule has 2 N–H and O–H groups in total. The van der Waals surface area contributed by atoms with Crippen molar-refractivity contribution in [2.75, 3.05) is 12.8 Å². The zero-order valence-electron chi connectivity index (χ0n) is 12.6. The van der Waals surface area contributed by atoms with E-state index >= 15 is 0 Å². The van der Waals surface area contributed by atoms with Gasteiger partial charge >= 0.3 is 0 Å². The number of hydrogen-bond acceptors (Lipinski definition) is 3. The molecule has 0 aliphatic heterocycles. The molecular formula is C16H24N2O2. The predicted molar refractivity (Wildman–Crippen MR) is 80.1 cm³/mol. The Morgan fingerprint density at radius 3 is 2.60 bits per heavy atom. The molecule has 4 heteroatoms. The molecule has 2 rings (SSSR count). The molecule has 0 atom stereocenters. The molecule has 1 aliphatic rings. The maximum atomic E-state index is 12.5. The van der Waals surface area contributed by atoms with Crippen molar-refractivity contribution in [2.24, 2.45) is 0 Å². The van der Waals surface area contributed by atoms with E-state index in [0.717, 1.165) is 24.1 Å². The van der Waals surface area contributed by atoms with Crippen molar-refractivity contribution in [2.45, 2.75) is 51.3 Å². The molecule has 1 aliphatic carbocycles. The lowest BCUT2D eigenvalue weighted by molar-refractivity contribution is -0.137. The molecule has 0 saturated heterocycles. The van der Waals surface area contributed by atoms with Gasteiger partial charge in [0.1, 0.15) is 0 Å². The Bertz CT molecular complexity index is 481. The molecular weight excluding hydrogens is 252 g/mol. The quantitative estimate of drug-likeness (QED) is 0.812. The van der Waals surface area contributed by atoms with Gasteiger partial charge in [0.25, 0.3) is 0 Å². The summed E-state index contributed by atoms with van der Waals surface area (Å²) in [5.74, 6) is 0.141. The fraction of sp³-hybridized carbons (Fsp3) is 0.562. The van der Waals surface area contributed by atoms with Crippen LogP contribution in [-0.2, 0) is 16.1 Å². The normalized spacial score (nSPS) is 15.2. The van der Waals surface area contributed by atoms with Crippen molar-refractivity contribution in [1.82, 2.24) is 4.90 Å². The van der Waals surface area contributed by atoms with Crippen LogP contribution in [0.1, 0.15) is 38.7 Å². The number of nitrogens with zero attached hydrogens (tertiary/aromatic N) is 1. The number of nitrogens with two attached hydrogens (primary N) is 1. The van der Waals surface area contributed by atoms with Gasteiger partial charge in [-0.05, 0) is 38.3 Å². The van der Waals surface area contributed by atoms with Crippen molar-refractivity contribution in [3.8, 4) is 0 Å². The van der Waals surface area contributed by atoms with Gasteiger partial charge in [0.15, 0.2) is 0 Å². The summed E-state index contributed by atoms with van der Waals surface area (Å²) < 4.78 is 5.36. The fourth-order valence-electron chi connectivity index (χ4n) is 2.21. The summed E-state index contributed by atoms with van der Waals surface area (Å²) in [7, 11) is 1.64. The molecule has 1 fully saturated rings. The summed E-state index contributed by atoms with van der Waals surface area (Å²) in [6.07, 6.45) is 2.57. The molecule has 0 unspecified atom stereocenters. The molecule has 0 heterocycles. The van der Waals surface area contributed by atoms with Crippen LogP contribution >= 0.6 is 0 Å². The van der Waals surface area contributed by atoms with Crippen molar-refractivity contribution in [1.29, 1.82) is 0 Å². The zero-order chi connectivity index (χ0) is 14.8. The molecule has 0 radical (unpaired) electrons. The molecule has 4 nitrogen and oxygen atoms in total. The number of amides is 1. The molecule has 110 valence electrons. The van der Waals surface area contributed by atoms with E-state index in [1.54, 1.807) is 7.11 Å². The van der Waals surface area contributed by atoms with E-state index in [0.29, 0.717) is 19.0 Å². The number of para-hydroxylation sites is 1.